The van der Waals surface area contributed by atoms with E-state index in [0.29, 0.717) is 5.69 Å². The van der Waals surface area contributed by atoms with Crippen LogP contribution in [0.3, 0.4) is 0 Å². The van der Waals surface area contributed by atoms with Gasteiger partial charge in [0.25, 0.3) is 0 Å². The van der Waals surface area contributed by atoms with Crippen molar-refractivity contribution in [2.45, 2.75) is 19.9 Å². The van der Waals surface area contributed by atoms with Crippen LogP contribution in [-0.2, 0) is 0 Å². The molecule has 0 amide bonds. The number of hydrogen-bond donors (Lipinski definition) is 0. The van der Waals surface area contributed by atoms with Gasteiger partial charge in [0, 0.05) is 13.1 Å². The van der Waals surface area contributed by atoms with E-state index in [1.54, 1.807) is 18.0 Å². The fourth-order valence-corrected chi connectivity index (χ4v) is 1.25. The highest BCUT2D eigenvalue weighted by atomic mass is 19.1. The van der Waals surface area contributed by atoms with Crippen LogP contribution in [0.15, 0.2) is 18.2 Å². The second-order valence-electron chi connectivity index (χ2n) is 3.57. The maximum atomic E-state index is 13.3. The second kappa shape index (κ2) is 4.25. The minimum absolute atomic E-state index is 0.0745. The molecule has 1 rings (SSSR count). The maximum Gasteiger partial charge on any atom is 0.327 e. The molecule has 82 valence electrons. The van der Waals surface area contributed by atoms with E-state index in [4.69, 9.17) is 0 Å². The predicted octanol–water partition coefficient (Wildman–Crippen LogP) is 2.58. The summed E-state index contributed by atoms with van der Waals surface area (Å²) in [5.41, 5.74) is -0.163. The van der Waals surface area contributed by atoms with Crippen molar-refractivity contribution in [2.24, 2.45) is 0 Å². The zero-order valence-corrected chi connectivity index (χ0v) is 8.90. The van der Waals surface area contributed by atoms with Gasteiger partial charge in [-0.1, -0.05) is 6.07 Å². The highest BCUT2D eigenvalue weighted by molar-refractivity contribution is 5.63. The van der Waals surface area contributed by atoms with E-state index in [1.807, 2.05) is 13.8 Å². The van der Waals surface area contributed by atoms with Crippen molar-refractivity contribution in [1.29, 1.82) is 0 Å². The van der Waals surface area contributed by atoms with Gasteiger partial charge in [0.2, 0.25) is 5.82 Å². The average molecular weight is 212 g/mol. The van der Waals surface area contributed by atoms with Crippen LogP contribution in [0, 0.1) is 15.9 Å². The van der Waals surface area contributed by atoms with E-state index < -0.39 is 16.4 Å². The lowest BCUT2D eigenvalue weighted by molar-refractivity contribution is -0.386. The molecule has 0 aliphatic heterocycles. The van der Waals surface area contributed by atoms with Crippen molar-refractivity contribution < 1.29 is 9.31 Å². The summed E-state index contributed by atoms with van der Waals surface area (Å²) in [7, 11) is 1.70. The number of nitrogens with zero attached hydrogens (tertiary/aromatic N) is 2. The summed E-state index contributed by atoms with van der Waals surface area (Å²) in [6.45, 7) is 3.77. The van der Waals surface area contributed by atoms with Crippen molar-refractivity contribution in [3.8, 4) is 0 Å². The highest BCUT2D eigenvalue weighted by Crippen LogP contribution is 2.30. The van der Waals surface area contributed by atoms with Gasteiger partial charge in [0.05, 0.1) is 4.92 Å². The molecule has 0 heterocycles. The fraction of sp³-hybridized carbons (Fsp3) is 0.400. The molecule has 0 unspecified atom stereocenters. The number of rotatable bonds is 3. The summed E-state index contributed by atoms with van der Waals surface area (Å²) in [6, 6.07) is 4.18. The summed E-state index contributed by atoms with van der Waals surface area (Å²) >= 11 is 0. The Balaban J connectivity index is 3.29. The minimum atomic E-state index is -0.801. The van der Waals surface area contributed by atoms with Crippen LogP contribution >= 0.6 is 0 Å². The number of nitro benzene ring substituents is 1. The molecule has 0 aliphatic carbocycles. The molecule has 1 aromatic rings. The molecule has 5 heteroatoms. The second-order valence-corrected chi connectivity index (χ2v) is 3.57. The third kappa shape index (κ3) is 2.23. The third-order valence-corrected chi connectivity index (χ3v) is 2.30. The Bertz CT molecular complexity index is 380. The van der Waals surface area contributed by atoms with Gasteiger partial charge >= 0.3 is 5.69 Å². The van der Waals surface area contributed by atoms with Gasteiger partial charge in [-0.15, -0.1) is 0 Å². The number of anilines is 1. The van der Waals surface area contributed by atoms with Crippen LogP contribution < -0.4 is 4.90 Å². The Kier molecular flexibility index (Phi) is 3.24. The van der Waals surface area contributed by atoms with Crippen molar-refractivity contribution in [1.82, 2.24) is 0 Å². The van der Waals surface area contributed by atoms with E-state index in [2.05, 4.69) is 0 Å². The fourth-order valence-electron chi connectivity index (χ4n) is 1.25. The summed E-state index contributed by atoms with van der Waals surface area (Å²) in [6.07, 6.45) is 0. The first-order chi connectivity index (χ1) is 6.95. The normalized spacial score (nSPS) is 10.5. The first kappa shape index (κ1) is 11.4. The Morgan fingerprint density at radius 2 is 2.07 bits per heavy atom. The zero-order valence-electron chi connectivity index (χ0n) is 8.90. The first-order valence-electron chi connectivity index (χ1n) is 4.61. The van der Waals surface area contributed by atoms with Gasteiger partial charge in [-0.25, -0.2) is 0 Å². The molecule has 0 N–H and O–H groups in total. The van der Waals surface area contributed by atoms with Crippen LogP contribution in [0.4, 0.5) is 15.8 Å². The molecule has 0 fully saturated rings. The van der Waals surface area contributed by atoms with Crippen LogP contribution in [0.5, 0.6) is 0 Å². The van der Waals surface area contributed by atoms with Gasteiger partial charge < -0.3 is 4.90 Å². The predicted molar refractivity (Wildman–Crippen MR) is 56.6 cm³/mol. The van der Waals surface area contributed by atoms with Crippen molar-refractivity contribution >= 4 is 11.4 Å². The molecular formula is C10H13FN2O2. The van der Waals surface area contributed by atoms with Gasteiger partial charge in [0.15, 0.2) is 0 Å². The minimum Gasteiger partial charge on any atom is -0.367 e. The van der Waals surface area contributed by atoms with E-state index in [1.165, 1.54) is 6.07 Å². The molecule has 4 nitrogen and oxygen atoms in total. The lowest BCUT2D eigenvalue weighted by Gasteiger charge is -2.23. The molecule has 0 saturated carbocycles. The van der Waals surface area contributed by atoms with E-state index in [-0.39, 0.29) is 6.04 Å². The number of halogens is 1. The molecule has 0 saturated heterocycles. The van der Waals surface area contributed by atoms with Gasteiger partial charge in [-0.3, -0.25) is 10.1 Å². The molecule has 15 heavy (non-hydrogen) atoms. The number of nitro groups is 1. The maximum absolute atomic E-state index is 13.3. The molecule has 0 atom stereocenters. The quantitative estimate of drug-likeness (QED) is 0.571. The molecule has 0 aliphatic rings. The lowest BCUT2D eigenvalue weighted by atomic mass is 10.2. The summed E-state index contributed by atoms with van der Waals surface area (Å²) < 4.78 is 13.3. The zero-order chi connectivity index (χ0) is 11.6. The monoisotopic (exact) mass is 212 g/mol. The number of para-hydroxylation sites is 1. The Morgan fingerprint density at radius 3 is 2.53 bits per heavy atom. The van der Waals surface area contributed by atoms with Crippen molar-refractivity contribution in [2.75, 3.05) is 11.9 Å². The standard InChI is InChI=1S/C10H13FN2O2/c1-7(2)12(3)9-6-4-5-8(11)10(9)13(14)15/h4-7H,1-3H3. The Hall–Kier alpha value is -1.65. The van der Waals surface area contributed by atoms with Crippen molar-refractivity contribution in [3.63, 3.8) is 0 Å². The van der Waals surface area contributed by atoms with Crippen LogP contribution in [0.2, 0.25) is 0 Å². The van der Waals surface area contributed by atoms with Crippen LogP contribution in [0.1, 0.15) is 13.8 Å². The number of hydrogen-bond acceptors (Lipinski definition) is 3. The summed E-state index contributed by atoms with van der Waals surface area (Å²) in [4.78, 5) is 11.7. The Labute approximate surface area is 87.5 Å². The summed E-state index contributed by atoms with van der Waals surface area (Å²) in [5, 5.41) is 10.7. The summed E-state index contributed by atoms with van der Waals surface area (Å²) in [5.74, 6) is -0.801. The largest absolute Gasteiger partial charge is 0.367 e. The molecule has 0 spiro atoms. The van der Waals surface area contributed by atoms with Crippen molar-refractivity contribution in [3.05, 3.63) is 34.1 Å². The molecule has 1 aromatic carbocycles. The highest BCUT2D eigenvalue weighted by Gasteiger charge is 2.23. The number of benzene rings is 1. The molecular weight excluding hydrogens is 199 g/mol. The molecule has 0 bridgehead atoms. The average Bonchev–Trinajstić information content (AvgIpc) is 2.15. The lowest BCUT2D eigenvalue weighted by Crippen LogP contribution is -2.26. The van der Waals surface area contributed by atoms with Crippen LogP contribution in [0.25, 0.3) is 0 Å². The first-order valence-corrected chi connectivity index (χ1v) is 4.61. The molecule has 0 aromatic heterocycles. The topological polar surface area (TPSA) is 46.4 Å². The van der Waals surface area contributed by atoms with Gasteiger partial charge in [0.1, 0.15) is 5.69 Å². The van der Waals surface area contributed by atoms with Gasteiger partial charge in [-0.05, 0) is 26.0 Å². The smallest absolute Gasteiger partial charge is 0.327 e. The van der Waals surface area contributed by atoms with Crippen LogP contribution in [-0.4, -0.2) is 18.0 Å². The Morgan fingerprint density at radius 1 is 1.47 bits per heavy atom. The van der Waals surface area contributed by atoms with E-state index in [0.717, 1.165) is 6.07 Å². The third-order valence-electron chi connectivity index (χ3n) is 2.30. The van der Waals surface area contributed by atoms with E-state index >= 15 is 0 Å². The van der Waals surface area contributed by atoms with Gasteiger partial charge in [-0.2, -0.15) is 4.39 Å². The van der Waals surface area contributed by atoms with E-state index in [9.17, 15) is 14.5 Å². The molecule has 0 radical (unpaired) electrons. The SMILES string of the molecule is CC(C)N(C)c1cccc(F)c1[N+](=O)[O-].